The van der Waals surface area contributed by atoms with E-state index in [4.69, 9.17) is 4.74 Å². The van der Waals surface area contributed by atoms with Crippen LogP contribution in [0.2, 0.25) is 0 Å². The number of aryl methyl sites for hydroxylation is 3. The predicted octanol–water partition coefficient (Wildman–Crippen LogP) is 4.84. The monoisotopic (exact) mass is 280 g/mol. The second-order valence-electron chi connectivity index (χ2n) is 6.13. The Morgan fingerprint density at radius 1 is 1.10 bits per heavy atom. The average Bonchev–Trinajstić information content (AvgIpc) is 2.53. The quantitative estimate of drug-likeness (QED) is 0.782. The van der Waals surface area contributed by atoms with Crippen molar-refractivity contribution in [3.63, 3.8) is 0 Å². The summed E-state index contributed by atoms with van der Waals surface area (Å²) < 4.78 is 5.37. The molecule has 3 rings (SSSR count). The number of fused-ring (bicyclic) bond motifs is 1. The van der Waals surface area contributed by atoms with Crippen molar-refractivity contribution in [1.29, 1.82) is 0 Å². The van der Waals surface area contributed by atoms with Crippen molar-refractivity contribution in [1.82, 2.24) is 0 Å². The van der Waals surface area contributed by atoms with Gasteiger partial charge in [0.2, 0.25) is 0 Å². The van der Waals surface area contributed by atoms with Crippen LogP contribution in [-0.4, -0.2) is 7.11 Å². The first kappa shape index (κ1) is 14.2. The SMILES string of the molecule is CCc1cc(OC)ccc1C1CCc2cc(C)ccc2C1. The van der Waals surface area contributed by atoms with Crippen LogP contribution in [-0.2, 0) is 19.3 Å². The molecule has 2 aromatic rings. The summed E-state index contributed by atoms with van der Waals surface area (Å²) in [4.78, 5) is 0. The van der Waals surface area contributed by atoms with Gasteiger partial charge in [-0.1, -0.05) is 36.8 Å². The predicted molar refractivity (Wildman–Crippen MR) is 88.3 cm³/mol. The Morgan fingerprint density at radius 3 is 2.71 bits per heavy atom. The summed E-state index contributed by atoms with van der Waals surface area (Å²) in [5.41, 5.74) is 7.43. The van der Waals surface area contributed by atoms with Crippen LogP contribution >= 0.6 is 0 Å². The molecule has 0 fully saturated rings. The number of benzene rings is 2. The van der Waals surface area contributed by atoms with Gasteiger partial charge in [0.15, 0.2) is 0 Å². The van der Waals surface area contributed by atoms with Gasteiger partial charge < -0.3 is 4.74 Å². The largest absolute Gasteiger partial charge is 0.497 e. The average molecular weight is 280 g/mol. The van der Waals surface area contributed by atoms with Crippen molar-refractivity contribution in [3.05, 3.63) is 64.2 Å². The summed E-state index contributed by atoms with van der Waals surface area (Å²) in [7, 11) is 1.74. The first-order valence-electron chi connectivity index (χ1n) is 7.96. The second-order valence-corrected chi connectivity index (χ2v) is 6.13. The van der Waals surface area contributed by atoms with Crippen molar-refractivity contribution in [2.75, 3.05) is 7.11 Å². The molecule has 2 aromatic carbocycles. The lowest BCUT2D eigenvalue weighted by Crippen LogP contribution is -2.14. The second kappa shape index (κ2) is 5.93. The molecule has 1 unspecified atom stereocenters. The van der Waals surface area contributed by atoms with E-state index in [1.165, 1.54) is 41.5 Å². The fourth-order valence-corrected chi connectivity index (χ4v) is 3.56. The molecule has 1 atom stereocenters. The third kappa shape index (κ3) is 2.83. The molecule has 21 heavy (non-hydrogen) atoms. The molecular weight excluding hydrogens is 256 g/mol. The Bertz CT molecular complexity index is 642. The number of methoxy groups -OCH3 is 1. The number of rotatable bonds is 3. The standard InChI is InChI=1S/C20H24O/c1-4-15-13-19(21-3)9-10-20(15)18-8-7-16-11-14(2)5-6-17(16)12-18/h5-6,9-11,13,18H,4,7-8,12H2,1-3H3. The van der Waals surface area contributed by atoms with Crippen molar-refractivity contribution in [2.45, 2.75) is 45.4 Å². The van der Waals surface area contributed by atoms with Gasteiger partial charge in [-0.05, 0) is 72.9 Å². The lowest BCUT2D eigenvalue weighted by molar-refractivity contribution is 0.413. The molecule has 0 radical (unpaired) electrons. The summed E-state index contributed by atoms with van der Waals surface area (Å²) >= 11 is 0. The summed E-state index contributed by atoms with van der Waals surface area (Å²) in [6, 6.07) is 13.5. The number of hydrogen-bond donors (Lipinski definition) is 0. The highest BCUT2D eigenvalue weighted by Crippen LogP contribution is 2.35. The van der Waals surface area contributed by atoms with Gasteiger partial charge in [-0.15, -0.1) is 0 Å². The highest BCUT2D eigenvalue weighted by Gasteiger charge is 2.22. The van der Waals surface area contributed by atoms with E-state index < -0.39 is 0 Å². The maximum Gasteiger partial charge on any atom is 0.119 e. The molecule has 1 aliphatic rings. The molecule has 1 aliphatic carbocycles. The number of hydrogen-bond acceptors (Lipinski definition) is 1. The summed E-state index contributed by atoms with van der Waals surface area (Å²) in [6.07, 6.45) is 4.71. The Morgan fingerprint density at radius 2 is 1.95 bits per heavy atom. The van der Waals surface area contributed by atoms with E-state index in [2.05, 4.69) is 50.2 Å². The van der Waals surface area contributed by atoms with E-state index in [1.54, 1.807) is 12.7 Å². The first-order valence-corrected chi connectivity index (χ1v) is 7.96. The number of ether oxygens (including phenoxy) is 1. The van der Waals surface area contributed by atoms with E-state index in [-0.39, 0.29) is 0 Å². The molecule has 0 heterocycles. The molecule has 0 saturated carbocycles. The maximum absolute atomic E-state index is 5.37. The zero-order valence-corrected chi connectivity index (χ0v) is 13.3. The topological polar surface area (TPSA) is 9.23 Å². The van der Waals surface area contributed by atoms with Crippen LogP contribution in [0.15, 0.2) is 36.4 Å². The highest BCUT2D eigenvalue weighted by atomic mass is 16.5. The Kier molecular flexibility index (Phi) is 4.01. The van der Waals surface area contributed by atoms with Gasteiger partial charge in [0.1, 0.15) is 5.75 Å². The van der Waals surface area contributed by atoms with Gasteiger partial charge in [-0.2, -0.15) is 0 Å². The summed E-state index contributed by atoms with van der Waals surface area (Å²) in [5.74, 6) is 1.63. The molecule has 0 saturated heterocycles. The summed E-state index contributed by atoms with van der Waals surface area (Å²) in [6.45, 7) is 4.42. The van der Waals surface area contributed by atoms with Crippen molar-refractivity contribution in [2.24, 2.45) is 0 Å². The third-order valence-corrected chi connectivity index (χ3v) is 4.76. The molecule has 0 spiro atoms. The van der Waals surface area contributed by atoms with Gasteiger partial charge in [0.05, 0.1) is 7.11 Å². The van der Waals surface area contributed by atoms with Gasteiger partial charge in [-0.25, -0.2) is 0 Å². The van der Waals surface area contributed by atoms with E-state index in [1.807, 2.05) is 0 Å². The van der Waals surface area contributed by atoms with Crippen LogP contribution < -0.4 is 4.74 Å². The zero-order valence-electron chi connectivity index (χ0n) is 13.3. The van der Waals surface area contributed by atoms with E-state index in [0.29, 0.717) is 5.92 Å². The van der Waals surface area contributed by atoms with Crippen molar-refractivity contribution in [3.8, 4) is 5.75 Å². The van der Waals surface area contributed by atoms with Crippen LogP contribution in [0.4, 0.5) is 0 Å². The molecule has 110 valence electrons. The molecular formula is C20H24O. The minimum absolute atomic E-state index is 0.654. The van der Waals surface area contributed by atoms with Crippen molar-refractivity contribution < 1.29 is 4.74 Å². The minimum atomic E-state index is 0.654. The normalized spacial score (nSPS) is 17.4. The van der Waals surface area contributed by atoms with E-state index in [9.17, 15) is 0 Å². The maximum atomic E-state index is 5.37. The van der Waals surface area contributed by atoms with Crippen LogP contribution in [0.25, 0.3) is 0 Å². The van der Waals surface area contributed by atoms with Gasteiger partial charge in [-0.3, -0.25) is 0 Å². The third-order valence-electron chi connectivity index (χ3n) is 4.76. The zero-order chi connectivity index (χ0) is 14.8. The molecule has 0 amide bonds. The highest BCUT2D eigenvalue weighted by molar-refractivity contribution is 5.41. The van der Waals surface area contributed by atoms with Crippen LogP contribution in [0.1, 0.15) is 47.1 Å². The lowest BCUT2D eigenvalue weighted by Gasteiger charge is -2.27. The molecule has 1 heteroatoms. The van der Waals surface area contributed by atoms with Gasteiger partial charge in [0, 0.05) is 0 Å². The van der Waals surface area contributed by atoms with Crippen molar-refractivity contribution >= 4 is 0 Å². The summed E-state index contributed by atoms with van der Waals surface area (Å²) in [5, 5.41) is 0. The molecule has 0 bridgehead atoms. The van der Waals surface area contributed by atoms with E-state index >= 15 is 0 Å². The Labute approximate surface area is 128 Å². The molecule has 0 aliphatic heterocycles. The van der Waals surface area contributed by atoms with Crippen LogP contribution in [0, 0.1) is 6.92 Å². The van der Waals surface area contributed by atoms with Crippen LogP contribution in [0.5, 0.6) is 5.75 Å². The molecule has 0 N–H and O–H groups in total. The molecule has 0 aromatic heterocycles. The lowest BCUT2D eigenvalue weighted by atomic mass is 9.78. The Balaban J connectivity index is 1.90. The van der Waals surface area contributed by atoms with Crippen LogP contribution in [0.3, 0.4) is 0 Å². The van der Waals surface area contributed by atoms with E-state index in [0.717, 1.165) is 12.2 Å². The fourth-order valence-electron chi connectivity index (χ4n) is 3.56. The Hall–Kier alpha value is -1.76. The minimum Gasteiger partial charge on any atom is -0.497 e. The van der Waals surface area contributed by atoms with Gasteiger partial charge >= 0.3 is 0 Å². The molecule has 1 nitrogen and oxygen atoms in total. The smallest absolute Gasteiger partial charge is 0.119 e. The van der Waals surface area contributed by atoms with Gasteiger partial charge in [0.25, 0.3) is 0 Å². The fraction of sp³-hybridized carbons (Fsp3) is 0.400. The first-order chi connectivity index (χ1) is 10.2.